The maximum Gasteiger partial charge on any atom is 0.276 e. The zero-order valence-corrected chi connectivity index (χ0v) is 11.3. The Hall–Kier alpha value is -2.38. The first-order valence-electron chi connectivity index (χ1n) is 6.43. The number of H-pyrrole nitrogens is 1. The van der Waals surface area contributed by atoms with Gasteiger partial charge in [0.1, 0.15) is 23.8 Å². The molecule has 9 heteroatoms. The van der Waals surface area contributed by atoms with E-state index in [0.717, 1.165) is 0 Å². The average Bonchev–Trinajstić information content (AvgIpc) is 3.01. The Bertz CT molecular complexity index is 822. The van der Waals surface area contributed by atoms with E-state index in [1.165, 1.54) is 16.6 Å². The molecule has 0 bridgehead atoms. The van der Waals surface area contributed by atoms with Crippen molar-refractivity contribution in [1.82, 2.24) is 14.6 Å². The van der Waals surface area contributed by atoms with E-state index in [1.54, 1.807) is 0 Å². The van der Waals surface area contributed by atoms with E-state index in [-0.39, 0.29) is 17.2 Å². The number of aliphatic hydroxyl groups is 3. The van der Waals surface area contributed by atoms with Gasteiger partial charge in [0.15, 0.2) is 5.60 Å². The third-order valence-electron chi connectivity index (χ3n) is 3.79. The van der Waals surface area contributed by atoms with Crippen molar-refractivity contribution in [3.8, 4) is 12.3 Å². The summed E-state index contributed by atoms with van der Waals surface area (Å²) < 4.78 is 6.71. The molecule has 0 aromatic carbocycles. The molecule has 6 N–H and O–H groups in total. The molecule has 0 spiro atoms. The monoisotopic (exact) mass is 306 g/mol. The van der Waals surface area contributed by atoms with Crippen LogP contribution in [-0.2, 0) is 4.74 Å². The second kappa shape index (κ2) is 4.82. The number of hydrogen-bond acceptors (Lipinski definition) is 7. The largest absolute Gasteiger partial charge is 0.392 e. The Morgan fingerprint density at radius 3 is 2.86 bits per heavy atom. The molecular formula is C13H14N4O5. The second-order valence-corrected chi connectivity index (χ2v) is 5.06. The summed E-state index contributed by atoms with van der Waals surface area (Å²) in [6.07, 6.45) is 1.34. The molecule has 1 aliphatic rings. The number of aromatic nitrogens is 3. The first-order valence-corrected chi connectivity index (χ1v) is 6.43. The van der Waals surface area contributed by atoms with Gasteiger partial charge in [0, 0.05) is 0 Å². The van der Waals surface area contributed by atoms with Crippen LogP contribution in [0.3, 0.4) is 0 Å². The summed E-state index contributed by atoms with van der Waals surface area (Å²) in [4.78, 5) is 14.1. The average molecular weight is 306 g/mol. The molecule has 0 radical (unpaired) electrons. The van der Waals surface area contributed by atoms with Crippen molar-refractivity contribution < 1.29 is 20.1 Å². The topological polar surface area (TPSA) is 146 Å². The van der Waals surface area contributed by atoms with Crippen LogP contribution in [0.2, 0.25) is 0 Å². The fourth-order valence-corrected chi connectivity index (χ4v) is 2.60. The number of anilines is 1. The van der Waals surface area contributed by atoms with Crippen LogP contribution in [0.4, 0.5) is 5.95 Å². The van der Waals surface area contributed by atoms with E-state index in [9.17, 15) is 20.1 Å². The van der Waals surface area contributed by atoms with Gasteiger partial charge in [-0.2, -0.15) is 0 Å². The van der Waals surface area contributed by atoms with Crippen LogP contribution in [0.5, 0.6) is 0 Å². The molecule has 4 unspecified atom stereocenters. The van der Waals surface area contributed by atoms with Gasteiger partial charge >= 0.3 is 0 Å². The molecule has 0 saturated carbocycles. The predicted octanol–water partition coefficient (Wildman–Crippen LogP) is -2.24. The summed E-state index contributed by atoms with van der Waals surface area (Å²) in [6.45, 7) is -0.669. The molecule has 4 atom stereocenters. The first-order chi connectivity index (χ1) is 10.4. The number of nitrogens with two attached hydrogens (primary N) is 1. The zero-order chi connectivity index (χ0) is 16.1. The summed E-state index contributed by atoms with van der Waals surface area (Å²) >= 11 is 0. The fraction of sp³-hybridized carbons (Fsp3) is 0.385. The van der Waals surface area contributed by atoms with Gasteiger partial charge in [-0.25, -0.2) is 4.52 Å². The van der Waals surface area contributed by atoms with Crippen LogP contribution < -0.4 is 11.3 Å². The molecule has 9 nitrogen and oxygen atoms in total. The molecule has 22 heavy (non-hydrogen) atoms. The molecular weight excluding hydrogens is 292 g/mol. The van der Waals surface area contributed by atoms with E-state index in [1.807, 2.05) is 0 Å². The van der Waals surface area contributed by atoms with Crippen LogP contribution in [0.25, 0.3) is 5.52 Å². The summed E-state index contributed by atoms with van der Waals surface area (Å²) in [7, 11) is 0. The lowest BCUT2D eigenvalue weighted by Gasteiger charge is -2.23. The minimum atomic E-state index is -1.72. The van der Waals surface area contributed by atoms with Gasteiger partial charge < -0.3 is 25.8 Å². The zero-order valence-electron chi connectivity index (χ0n) is 11.3. The van der Waals surface area contributed by atoms with Crippen LogP contribution in [0.15, 0.2) is 16.9 Å². The lowest BCUT2D eigenvalue weighted by Crippen LogP contribution is -2.44. The minimum absolute atomic E-state index is 0.117. The number of aromatic amines is 1. The van der Waals surface area contributed by atoms with E-state index in [2.05, 4.69) is 16.0 Å². The maximum atomic E-state index is 11.8. The molecule has 3 heterocycles. The van der Waals surface area contributed by atoms with Crippen molar-refractivity contribution in [2.45, 2.75) is 23.9 Å². The molecule has 116 valence electrons. The standard InChI is InChI=1S/C13H14N4O5/c1-2-13(5-18)10(20)8(19)9(22-13)6-3-4-7-11(21)15-12(14)16-17(6)7/h1,3-4,8-10,18-20H,5H2,(H3,14,15,16,21). The van der Waals surface area contributed by atoms with Gasteiger partial charge in [-0.1, -0.05) is 5.92 Å². The highest BCUT2D eigenvalue weighted by Crippen LogP contribution is 2.39. The number of ether oxygens (including phenoxy) is 1. The van der Waals surface area contributed by atoms with Crippen molar-refractivity contribution in [2.24, 2.45) is 0 Å². The van der Waals surface area contributed by atoms with Gasteiger partial charge in [0.2, 0.25) is 5.95 Å². The van der Waals surface area contributed by atoms with E-state index >= 15 is 0 Å². The number of nitrogens with one attached hydrogen (secondary N) is 1. The lowest BCUT2D eigenvalue weighted by molar-refractivity contribution is -0.0732. The Morgan fingerprint density at radius 2 is 2.27 bits per heavy atom. The van der Waals surface area contributed by atoms with Crippen molar-refractivity contribution in [2.75, 3.05) is 12.3 Å². The number of rotatable bonds is 2. The van der Waals surface area contributed by atoms with Crippen LogP contribution in [0, 0.1) is 12.3 Å². The molecule has 2 aromatic heterocycles. The number of nitrogens with zero attached hydrogens (tertiary/aromatic N) is 2. The van der Waals surface area contributed by atoms with Crippen molar-refractivity contribution in [3.05, 3.63) is 28.2 Å². The number of aliphatic hydroxyl groups excluding tert-OH is 3. The normalized spacial score (nSPS) is 31.5. The summed E-state index contributed by atoms with van der Waals surface area (Å²) in [6, 6.07) is 2.97. The third kappa shape index (κ3) is 1.83. The highest BCUT2D eigenvalue weighted by molar-refractivity contribution is 5.48. The quantitative estimate of drug-likeness (QED) is 0.394. The molecule has 1 aliphatic heterocycles. The van der Waals surface area contributed by atoms with Gasteiger partial charge in [-0.3, -0.25) is 9.78 Å². The van der Waals surface area contributed by atoms with Gasteiger partial charge in [0.05, 0.1) is 12.3 Å². The molecule has 1 saturated heterocycles. The predicted molar refractivity (Wildman–Crippen MR) is 74.7 cm³/mol. The molecule has 1 fully saturated rings. The molecule has 0 aliphatic carbocycles. The third-order valence-corrected chi connectivity index (χ3v) is 3.79. The summed E-state index contributed by atoms with van der Waals surface area (Å²) in [5, 5.41) is 33.6. The number of hydrogen-bond donors (Lipinski definition) is 5. The lowest BCUT2D eigenvalue weighted by atomic mass is 9.96. The van der Waals surface area contributed by atoms with Crippen molar-refractivity contribution >= 4 is 11.5 Å². The van der Waals surface area contributed by atoms with E-state index in [0.29, 0.717) is 0 Å². The van der Waals surface area contributed by atoms with Crippen LogP contribution in [0.1, 0.15) is 11.8 Å². The summed E-state index contributed by atoms with van der Waals surface area (Å²) in [5.74, 6) is 2.05. The second-order valence-electron chi connectivity index (χ2n) is 5.06. The first kappa shape index (κ1) is 14.6. The number of terminal acetylenes is 1. The molecule has 3 rings (SSSR count). The SMILES string of the molecule is C#CC1(CO)OC(c2ccc3c(=O)[nH]c(N)nn23)C(O)C1O. The Kier molecular flexibility index (Phi) is 3.19. The van der Waals surface area contributed by atoms with E-state index < -0.39 is 36.1 Å². The molecule has 0 amide bonds. The Balaban J connectivity index is 2.13. The highest BCUT2D eigenvalue weighted by Gasteiger charge is 2.54. The van der Waals surface area contributed by atoms with Gasteiger partial charge in [0.25, 0.3) is 5.56 Å². The maximum absolute atomic E-state index is 11.8. The van der Waals surface area contributed by atoms with E-state index in [4.69, 9.17) is 16.9 Å². The Labute approximate surface area is 124 Å². The Morgan fingerprint density at radius 1 is 1.55 bits per heavy atom. The highest BCUT2D eigenvalue weighted by atomic mass is 16.6. The van der Waals surface area contributed by atoms with Crippen LogP contribution in [-0.4, -0.2) is 54.3 Å². The number of nitrogen functional groups attached to an aromatic ring is 1. The van der Waals surface area contributed by atoms with Crippen molar-refractivity contribution in [1.29, 1.82) is 0 Å². The smallest absolute Gasteiger partial charge is 0.276 e. The summed E-state index contributed by atoms with van der Waals surface area (Å²) in [5.41, 5.74) is 3.80. The fourth-order valence-electron chi connectivity index (χ4n) is 2.60. The number of fused-ring (bicyclic) bond motifs is 1. The van der Waals surface area contributed by atoms with Crippen molar-refractivity contribution in [3.63, 3.8) is 0 Å². The van der Waals surface area contributed by atoms with Gasteiger partial charge in [-0.05, 0) is 12.1 Å². The molecule has 2 aromatic rings. The van der Waals surface area contributed by atoms with Crippen LogP contribution >= 0.6 is 0 Å². The van der Waals surface area contributed by atoms with Gasteiger partial charge in [-0.15, -0.1) is 11.5 Å². The minimum Gasteiger partial charge on any atom is -0.392 e.